The molecule has 8 nitrogen and oxygen atoms in total. The van der Waals surface area contributed by atoms with E-state index in [-0.39, 0.29) is 5.63 Å². The molecule has 3 aromatic rings. The summed E-state index contributed by atoms with van der Waals surface area (Å²) in [4.78, 5) is 29.5. The van der Waals surface area contributed by atoms with Crippen molar-refractivity contribution < 1.29 is 9.15 Å². The van der Waals surface area contributed by atoms with E-state index in [0.29, 0.717) is 28.5 Å². The van der Waals surface area contributed by atoms with E-state index in [1.807, 2.05) is 24.3 Å². The highest BCUT2D eigenvalue weighted by atomic mass is 16.5. The Morgan fingerprint density at radius 3 is 2.67 bits per heavy atom. The molecular formula is C25H31N5O3. The van der Waals surface area contributed by atoms with Crippen LogP contribution < -0.4 is 15.3 Å². The second-order valence-corrected chi connectivity index (χ2v) is 9.20. The highest BCUT2D eigenvalue weighted by Gasteiger charge is 2.29. The summed E-state index contributed by atoms with van der Waals surface area (Å²) in [6.07, 6.45) is 3.94. The standard InChI is InChI=1S/C25H31N5O3/c1-28(2)9-10-29-11-13-30(14-12-29)23-19(5-4-8-26-23)24-27-21-16-18(32-3)15-20(17-6-7-17)22(21)25(31)33-24/h4-5,8,15-17H,6-7,9-14H2,1-3H3. The molecule has 5 rings (SSSR count). The number of likely N-dealkylation sites (N-methyl/N-ethyl adjacent to an activating group) is 1. The Morgan fingerprint density at radius 2 is 1.97 bits per heavy atom. The maximum atomic E-state index is 13.1. The highest BCUT2D eigenvalue weighted by Crippen LogP contribution is 2.44. The van der Waals surface area contributed by atoms with Crippen LogP contribution in [0.15, 0.2) is 39.7 Å². The molecule has 2 aromatic heterocycles. The first-order valence-electron chi connectivity index (χ1n) is 11.6. The number of aromatic nitrogens is 2. The van der Waals surface area contributed by atoms with Crippen LogP contribution in [-0.2, 0) is 0 Å². The lowest BCUT2D eigenvalue weighted by atomic mass is 10.0. The summed E-state index contributed by atoms with van der Waals surface area (Å²) in [6.45, 7) is 5.79. The topological polar surface area (TPSA) is 74.9 Å². The number of fused-ring (bicyclic) bond motifs is 1. The second-order valence-electron chi connectivity index (χ2n) is 9.20. The van der Waals surface area contributed by atoms with Gasteiger partial charge in [0, 0.05) is 51.5 Å². The lowest BCUT2D eigenvalue weighted by molar-refractivity contribution is 0.229. The molecule has 2 fully saturated rings. The molecule has 0 amide bonds. The Labute approximate surface area is 193 Å². The number of pyridine rings is 1. The maximum absolute atomic E-state index is 13.1. The third kappa shape index (κ3) is 4.58. The molecule has 0 unspecified atom stereocenters. The normalized spacial score (nSPS) is 17.2. The van der Waals surface area contributed by atoms with Gasteiger partial charge in [-0.1, -0.05) is 0 Å². The Morgan fingerprint density at radius 1 is 1.18 bits per heavy atom. The van der Waals surface area contributed by atoms with Gasteiger partial charge >= 0.3 is 5.63 Å². The summed E-state index contributed by atoms with van der Waals surface area (Å²) >= 11 is 0. The van der Waals surface area contributed by atoms with Crippen LogP contribution >= 0.6 is 0 Å². The number of hydrogen-bond donors (Lipinski definition) is 0. The van der Waals surface area contributed by atoms with Crippen LogP contribution in [0, 0.1) is 0 Å². The quantitative estimate of drug-likeness (QED) is 0.545. The number of anilines is 1. The average molecular weight is 450 g/mol. The van der Waals surface area contributed by atoms with Crippen molar-refractivity contribution >= 4 is 16.7 Å². The van der Waals surface area contributed by atoms with Crippen LogP contribution in [0.4, 0.5) is 5.82 Å². The number of rotatable bonds is 7. The van der Waals surface area contributed by atoms with Gasteiger partial charge in [-0.2, -0.15) is 0 Å². The smallest absolute Gasteiger partial charge is 0.347 e. The summed E-state index contributed by atoms with van der Waals surface area (Å²) in [5.74, 6) is 2.22. The van der Waals surface area contributed by atoms with Crippen LogP contribution in [-0.4, -0.2) is 80.2 Å². The van der Waals surface area contributed by atoms with Crippen molar-refractivity contribution in [1.82, 2.24) is 19.8 Å². The zero-order valence-electron chi connectivity index (χ0n) is 19.6. The highest BCUT2D eigenvalue weighted by molar-refractivity contribution is 5.85. The summed E-state index contributed by atoms with van der Waals surface area (Å²) in [5.41, 5.74) is 2.00. The Hall–Kier alpha value is -2.97. The number of nitrogens with zero attached hydrogens (tertiary/aromatic N) is 5. The zero-order chi connectivity index (χ0) is 22.9. The van der Waals surface area contributed by atoms with Gasteiger partial charge in [0.2, 0.25) is 5.89 Å². The van der Waals surface area contributed by atoms with Crippen molar-refractivity contribution in [3.8, 4) is 17.2 Å². The second kappa shape index (κ2) is 9.11. The number of hydrogen-bond acceptors (Lipinski definition) is 8. The first-order valence-corrected chi connectivity index (χ1v) is 11.6. The lowest BCUT2D eigenvalue weighted by Crippen LogP contribution is -2.48. The number of piperazine rings is 1. The molecule has 0 N–H and O–H groups in total. The molecule has 3 heterocycles. The van der Waals surface area contributed by atoms with Crippen molar-refractivity contribution in [1.29, 1.82) is 0 Å². The van der Waals surface area contributed by atoms with Crippen molar-refractivity contribution in [2.45, 2.75) is 18.8 Å². The minimum atomic E-state index is -0.345. The maximum Gasteiger partial charge on any atom is 0.347 e. The van der Waals surface area contributed by atoms with Crippen molar-refractivity contribution in [2.24, 2.45) is 0 Å². The first kappa shape index (κ1) is 21.9. The predicted octanol–water partition coefficient (Wildman–Crippen LogP) is 2.82. The minimum Gasteiger partial charge on any atom is -0.497 e. The molecular weight excluding hydrogens is 418 g/mol. The summed E-state index contributed by atoms with van der Waals surface area (Å²) in [7, 11) is 5.84. The molecule has 2 aliphatic rings. The van der Waals surface area contributed by atoms with Crippen LogP contribution in [0.3, 0.4) is 0 Å². The van der Waals surface area contributed by atoms with E-state index >= 15 is 0 Å². The van der Waals surface area contributed by atoms with E-state index in [0.717, 1.165) is 69.1 Å². The van der Waals surface area contributed by atoms with E-state index in [9.17, 15) is 4.79 Å². The molecule has 0 spiro atoms. The number of ether oxygens (including phenoxy) is 1. The van der Waals surface area contributed by atoms with Crippen LogP contribution in [0.1, 0.15) is 24.3 Å². The van der Waals surface area contributed by atoms with Gasteiger partial charge in [-0.15, -0.1) is 0 Å². The van der Waals surface area contributed by atoms with Gasteiger partial charge in [-0.3, -0.25) is 4.90 Å². The van der Waals surface area contributed by atoms with Gasteiger partial charge in [0.15, 0.2) is 0 Å². The number of methoxy groups -OCH3 is 1. The van der Waals surface area contributed by atoms with E-state index in [2.05, 4.69) is 33.8 Å². The fourth-order valence-corrected chi connectivity index (χ4v) is 4.49. The molecule has 1 saturated heterocycles. The Kier molecular flexibility index (Phi) is 6.03. The summed E-state index contributed by atoms with van der Waals surface area (Å²) in [5, 5.41) is 0.571. The molecule has 1 aliphatic carbocycles. The van der Waals surface area contributed by atoms with Gasteiger partial charge in [0.05, 0.1) is 23.6 Å². The average Bonchev–Trinajstić information content (AvgIpc) is 3.67. The van der Waals surface area contributed by atoms with E-state index in [1.165, 1.54) is 0 Å². The SMILES string of the molecule is COc1cc(C2CC2)c2c(=O)oc(-c3cccnc3N3CCN(CCN(C)C)CC3)nc2c1. The van der Waals surface area contributed by atoms with Crippen molar-refractivity contribution in [3.05, 3.63) is 46.4 Å². The molecule has 1 aromatic carbocycles. The monoisotopic (exact) mass is 449 g/mol. The Balaban J connectivity index is 1.47. The fraction of sp³-hybridized carbons (Fsp3) is 0.480. The molecule has 174 valence electrons. The van der Waals surface area contributed by atoms with Crippen LogP contribution in [0.2, 0.25) is 0 Å². The third-order valence-electron chi connectivity index (χ3n) is 6.54. The Bertz CT molecular complexity index is 1200. The molecule has 1 aliphatic heterocycles. The predicted molar refractivity (Wildman–Crippen MR) is 129 cm³/mol. The molecule has 8 heteroatoms. The molecule has 1 saturated carbocycles. The van der Waals surface area contributed by atoms with E-state index in [4.69, 9.17) is 14.1 Å². The van der Waals surface area contributed by atoms with Crippen LogP contribution in [0.5, 0.6) is 5.75 Å². The first-order chi connectivity index (χ1) is 16.0. The molecule has 0 atom stereocenters. The van der Waals surface area contributed by atoms with Gasteiger partial charge in [-0.05, 0) is 56.6 Å². The van der Waals surface area contributed by atoms with Gasteiger partial charge in [0.1, 0.15) is 11.6 Å². The molecule has 33 heavy (non-hydrogen) atoms. The fourth-order valence-electron chi connectivity index (χ4n) is 4.49. The largest absolute Gasteiger partial charge is 0.497 e. The third-order valence-corrected chi connectivity index (χ3v) is 6.54. The van der Waals surface area contributed by atoms with E-state index < -0.39 is 0 Å². The molecule has 0 bridgehead atoms. The minimum absolute atomic E-state index is 0.306. The summed E-state index contributed by atoms with van der Waals surface area (Å²) < 4.78 is 11.3. The summed E-state index contributed by atoms with van der Waals surface area (Å²) in [6, 6.07) is 7.56. The lowest BCUT2D eigenvalue weighted by Gasteiger charge is -2.36. The molecule has 0 radical (unpaired) electrons. The van der Waals surface area contributed by atoms with Crippen molar-refractivity contribution in [2.75, 3.05) is 65.4 Å². The number of benzene rings is 1. The van der Waals surface area contributed by atoms with Crippen LogP contribution in [0.25, 0.3) is 22.4 Å². The van der Waals surface area contributed by atoms with Gasteiger partial charge in [-0.25, -0.2) is 14.8 Å². The van der Waals surface area contributed by atoms with E-state index in [1.54, 1.807) is 13.3 Å². The van der Waals surface area contributed by atoms with Gasteiger partial charge in [0.25, 0.3) is 0 Å². The van der Waals surface area contributed by atoms with Gasteiger partial charge < -0.3 is 19.0 Å². The zero-order valence-corrected chi connectivity index (χ0v) is 19.6. The van der Waals surface area contributed by atoms with Crippen molar-refractivity contribution in [3.63, 3.8) is 0 Å².